The first-order valence-corrected chi connectivity index (χ1v) is 16.3. The van der Waals surface area contributed by atoms with E-state index in [0.29, 0.717) is 6.42 Å². The zero-order valence-corrected chi connectivity index (χ0v) is 27.8. The van der Waals surface area contributed by atoms with E-state index < -0.39 is 44.0 Å². The summed E-state index contributed by atoms with van der Waals surface area (Å²) in [6, 6.07) is 14.2. The molecule has 0 saturated heterocycles. The molecular formula is C32H39ClN4O7S. The van der Waals surface area contributed by atoms with E-state index >= 15 is 0 Å². The topological polar surface area (TPSA) is 139 Å². The van der Waals surface area contributed by atoms with E-state index in [1.807, 2.05) is 45.0 Å². The Bertz CT molecular complexity index is 1660. The molecular weight excluding hydrogens is 620 g/mol. The van der Waals surface area contributed by atoms with Gasteiger partial charge in [-0.2, -0.15) is 0 Å². The highest BCUT2D eigenvalue weighted by Gasteiger charge is 2.36. The number of carbonyl (C=O) groups is 2. The molecule has 3 rings (SSSR count). The molecule has 0 bridgehead atoms. The van der Waals surface area contributed by atoms with Gasteiger partial charge in [-0.25, -0.2) is 8.42 Å². The SMILES string of the molecule is CC[C@H](C)NC(=O)[C@H](CC)N(Cc1cccc(C)c1)C(=O)CN(c1cc(Cl)ccc1OC)S(=O)(=O)c1ccc(C)c([N+](=O)[O-])c1. The van der Waals surface area contributed by atoms with Crippen LogP contribution in [0.3, 0.4) is 0 Å². The van der Waals surface area contributed by atoms with Gasteiger partial charge in [-0.3, -0.25) is 24.0 Å². The van der Waals surface area contributed by atoms with E-state index in [-0.39, 0.29) is 46.9 Å². The van der Waals surface area contributed by atoms with Gasteiger partial charge in [-0.15, -0.1) is 0 Å². The number of nitrogens with zero attached hydrogens (tertiary/aromatic N) is 3. The zero-order chi connectivity index (χ0) is 33.5. The Hall–Kier alpha value is -4.16. The highest BCUT2D eigenvalue weighted by molar-refractivity contribution is 7.92. The molecule has 242 valence electrons. The summed E-state index contributed by atoms with van der Waals surface area (Å²) in [7, 11) is -3.28. The Kier molecular flexibility index (Phi) is 11.9. The number of methoxy groups -OCH3 is 1. The quantitative estimate of drug-likeness (QED) is 0.171. The van der Waals surface area contributed by atoms with E-state index in [4.69, 9.17) is 16.3 Å². The van der Waals surface area contributed by atoms with Crippen molar-refractivity contribution in [3.05, 3.63) is 92.5 Å². The van der Waals surface area contributed by atoms with Crippen molar-refractivity contribution in [3.8, 4) is 5.75 Å². The summed E-state index contributed by atoms with van der Waals surface area (Å²) >= 11 is 6.28. The highest BCUT2D eigenvalue weighted by atomic mass is 35.5. The molecule has 0 aliphatic rings. The molecule has 45 heavy (non-hydrogen) atoms. The van der Waals surface area contributed by atoms with Crippen LogP contribution in [0.5, 0.6) is 5.75 Å². The van der Waals surface area contributed by atoms with Crippen molar-refractivity contribution in [1.29, 1.82) is 0 Å². The van der Waals surface area contributed by atoms with Crippen LogP contribution >= 0.6 is 11.6 Å². The fourth-order valence-electron chi connectivity index (χ4n) is 4.81. The number of rotatable bonds is 14. The third-order valence-electron chi connectivity index (χ3n) is 7.48. The van der Waals surface area contributed by atoms with E-state index in [0.717, 1.165) is 21.5 Å². The number of hydrogen-bond acceptors (Lipinski definition) is 7. The third-order valence-corrected chi connectivity index (χ3v) is 9.47. The van der Waals surface area contributed by atoms with Gasteiger partial charge in [0.25, 0.3) is 15.7 Å². The smallest absolute Gasteiger partial charge is 0.273 e. The number of anilines is 1. The maximum Gasteiger partial charge on any atom is 0.273 e. The molecule has 0 aliphatic heterocycles. The van der Waals surface area contributed by atoms with Crippen molar-refractivity contribution in [2.75, 3.05) is 18.0 Å². The third kappa shape index (κ3) is 8.52. The van der Waals surface area contributed by atoms with Crippen LogP contribution in [0.15, 0.2) is 65.6 Å². The van der Waals surface area contributed by atoms with E-state index in [1.54, 1.807) is 6.92 Å². The van der Waals surface area contributed by atoms with Crippen LogP contribution in [0.2, 0.25) is 5.02 Å². The van der Waals surface area contributed by atoms with Crippen LogP contribution in [0.4, 0.5) is 11.4 Å². The summed E-state index contributed by atoms with van der Waals surface area (Å²) in [6.07, 6.45) is 0.939. The molecule has 2 atom stereocenters. The Morgan fingerprint density at radius 1 is 1.04 bits per heavy atom. The predicted octanol–water partition coefficient (Wildman–Crippen LogP) is 5.79. The van der Waals surface area contributed by atoms with Gasteiger partial charge in [0.05, 0.1) is 22.6 Å². The number of benzene rings is 3. The molecule has 3 aromatic carbocycles. The van der Waals surface area contributed by atoms with Crippen molar-refractivity contribution >= 4 is 44.8 Å². The van der Waals surface area contributed by atoms with Crippen LogP contribution in [-0.4, -0.2) is 55.8 Å². The van der Waals surface area contributed by atoms with Gasteiger partial charge in [0.15, 0.2) is 0 Å². The van der Waals surface area contributed by atoms with Crippen LogP contribution in [0.1, 0.15) is 50.3 Å². The lowest BCUT2D eigenvalue weighted by Gasteiger charge is -2.34. The zero-order valence-electron chi connectivity index (χ0n) is 26.2. The van der Waals surface area contributed by atoms with E-state index in [9.17, 15) is 28.1 Å². The summed E-state index contributed by atoms with van der Waals surface area (Å²) < 4.78 is 34.8. The number of nitro groups is 1. The summed E-state index contributed by atoms with van der Waals surface area (Å²) in [5.74, 6) is -0.934. The number of sulfonamides is 1. The summed E-state index contributed by atoms with van der Waals surface area (Å²) in [5.41, 5.74) is 1.53. The lowest BCUT2D eigenvalue weighted by atomic mass is 10.1. The Morgan fingerprint density at radius 3 is 2.36 bits per heavy atom. The second kappa shape index (κ2) is 15.2. The minimum Gasteiger partial charge on any atom is -0.495 e. The Balaban J connectivity index is 2.19. The number of ether oxygens (including phenoxy) is 1. The summed E-state index contributed by atoms with van der Waals surface area (Å²) in [4.78, 5) is 39.8. The summed E-state index contributed by atoms with van der Waals surface area (Å²) in [5, 5.41) is 14.8. The molecule has 0 heterocycles. The van der Waals surface area contributed by atoms with Gasteiger partial charge in [-0.1, -0.05) is 61.3 Å². The van der Waals surface area contributed by atoms with Gasteiger partial charge in [0, 0.05) is 29.2 Å². The average molecular weight is 659 g/mol. The molecule has 11 nitrogen and oxygen atoms in total. The standard InChI is InChI=1S/C32H39ClN4O7S/c1-7-23(5)34-32(39)27(8-2)35(19-24-11-9-10-21(3)16-24)31(38)20-36(29-17-25(33)13-15-30(29)44-6)45(42,43)26-14-12-22(4)28(18-26)37(40)41/h9-18,23,27H,7-8,19-20H2,1-6H3,(H,34,39)/t23-,27-/m0/s1. The van der Waals surface area contributed by atoms with Crippen molar-refractivity contribution < 1.29 is 27.7 Å². The van der Waals surface area contributed by atoms with Gasteiger partial charge < -0.3 is 15.0 Å². The van der Waals surface area contributed by atoms with Crippen molar-refractivity contribution in [2.24, 2.45) is 0 Å². The van der Waals surface area contributed by atoms with Crippen molar-refractivity contribution in [3.63, 3.8) is 0 Å². The van der Waals surface area contributed by atoms with Gasteiger partial charge in [-0.05, 0) is 63.4 Å². The lowest BCUT2D eigenvalue weighted by Crippen LogP contribution is -2.53. The first-order chi connectivity index (χ1) is 21.2. The minimum absolute atomic E-state index is 0.0313. The number of hydrogen-bond donors (Lipinski definition) is 1. The molecule has 0 radical (unpaired) electrons. The van der Waals surface area contributed by atoms with Crippen molar-refractivity contribution in [2.45, 2.75) is 71.0 Å². The van der Waals surface area contributed by atoms with E-state index in [2.05, 4.69) is 5.32 Å². The number of carbonyl (C=O) groups excluding carboxylic acids is 2. The fraction of sp³-hybridized carbons (Fsp3) is 0.375. The Morgan fingerprint density at radius 2 is 1.76 bits per heavy atom. The van der Waals surface area contributed by atoms with Crippen LogP contribution in [0.25, 0.3) is 0 Å². The first-order valence-electron chi connectivity index (χ1n) is 14.5. The fourth-order valence-corrected chi connectivity index (χ4v) is 6.42. The van der Waals surface area contributed by atoms with Gasteiger partial charge >= 0.3 is 0 Å². The predicted molar refractivity (Wildman–Crippen MR) is 174 cm³/mol. The number of nitrogens with one attached hydrogen (secondary N) is 1. The molecule has 0 spiro atoms. The van der Waals surface area contributed by atoms with Crippen LogP contribution in [-0.2, 0) is 26.2 Å². The molecule has 0 aromatic heterocycles. The molecule has 2 amide bonds. The maximum atomic E-state index is 14.3. The number of halogens is 1. The van der Waals surface area contributed by atoms with Gasteiger partial charge in [0.2, 0.25) is 11.8 Å². The average Bonchev–Trinajstić information content (AvgIpc) is 2.99. The second-order valence-electron chi connectivity index (χ2n) is 10.8. The number of nitro benzene ring substituents is 1. The normalized spacial score (nSPS) is 12.6. The van der Waals surface area contributed by atoms with Crippen LogP contribution < -0.4 is 14.4 Å². The molecule has 13 heteroatoms. The Labute approximate surface area is 269 Å². The lowest BCUT2D eigenvalue weighted by molar-refractivity contribution is -0.385. The molecule has 0 saturated carbocycles. The second-order valence-corrected chi connectivity index (χ2v) is 13.1. The molecule has 3 aromatic rings. The molecule has 0 unspecified atom stereocenters. The summed E-state index contributed by atoms with van der Waals surface area (Å²) in [6.45, 7) is 8.24. The maximum absolute atomic E-state index is 14.3. The monoisotopic (exact) mass is 658 g/mol. The number of aryl methyl sites for hydroxylation is 2. The highest BCUT2D eigenvalue weighted by Crippen LogP contribution is 2.36. The molecule has 1 N–H and O–H groups in total. The number of amides is 2. The van der Waals surface area contributed by atoms with Gasteiger partial charge in [0.1, 0.15) is 18.3 Å². The van der Waals surface area contributed by atoms with Crippen molar-refractivity contribution in [1.82, 2.24) is 10.2 Å². The first kappa shape index (κ1) is 35.3. The van der Waals surface area contributed by atoms with Crippen LogP contribution in [0, 0.1) is 24.0 Å². The minimum atomic E-state index is -4.62. The van der Waals surface area contributed by atoms with E-state index in [1.165, 1.54) is 49.3 Å². The largest absolute Gasteiger partial charge is 0.495 e. The molecule has 0 aliphatic carbocycles. The molecule has 0 fully saturated rings.